The van der Waals surface area contributed by atoms with Gasteiger partial charge in [0.15, 0.2) is 0 Å². The molecule has 0 spiro atoms. The van der Waals surface area contributed by atoms with Crippen molar-refractivity contribution in [2.75, 3.05) is 11.6 Å². The first-order valence-corrected chi connectivity index (χ1v) is 7.50. The molecule has 1 fully saturated rings. The fourth-order valence-electron chi connectivity index (χ4n) is 1.83. The molecule has 0 aromatic rings. The summed E-state index contributed by atoms with van der Waals surface area (Å²) >= 11 is 1.73. The highest BCUT2D eigenvalue weighted by atomic mass is 32.2. The maximum Gasteiger partial charge on any atom is 0.306 e. The van der Waals surface area contributed by atoms with E-state index in [1.807, 2.05) is 6.92 Å². The van der Waals surface area contributed by atoms with Crippen LogP contribution >= 0.6 is 11.8 Å². The summed E-state index contributed by atoms with van der Waals surface area (Å²) in [6.45, 7) is 3.68. The van der Waals surface area contributed by atoms with Gasteiger partial charge in [0.2, 0.25) is 5.91 Å². The summed E-state index contributed by atoms with van der Waals surface area (Å²) in [5, 5.41) is 14.8. The Bertz CT molecular complexity index is 293. The number of carboxylic acid groups (broad SMARTS) is 1. The summed E-state index contributed by atoms with van der Waals surface area (Å²) in [5.41, 5.74) is 0. The molecule has 104 valence electrons. The molecule has 1 rings (SSSR count). The molecule has 3 atom stereocenters. The highest BCUT2D eigenvalue weighted by molar-refractivity contribution is 7.99. The van der Waals surface area contributed by atoms with E-state index in [1.165, 1.54) is 0 Å². The monoisotopic (exact) mass is 274 g/mol. The Balaban J connectivity index is 2.14. The average molecular weight is 274 g/mol. The molecule has 1 heterocycles. The standard InChI is InChI=1S/C12H22N2O3S/c1-8(12(16)17)4-3-5-9(2)14-11(15)10-6-18-7-13-10/h8-10,13H,3-7H2,1-2H3,(H,14,15)(H,16,17). The Morgan fingerprint density at radius 2 is 2.17 bits per heavy atom. The minimum Gasteiger partial charge on any atom is -0.481 e. The molecule has 5 nitrogen and oxygen atoms in total. The van der Waals surface area contributed by atoms with Crippen molar-refractivity contribution in [1.29, 1.82) is 0 Å². The van der Waals surface area contributed by atoms with Crippen LogP contribution in [0.2, 0.25) is 0 Å². The van der Waals surface area contributed by atoms with Crippen LogP contribution in [0.5, 0.6) is 0 Å². The zero-order chi connectivity index (χ0) is 13.5. The molecule has 3 unspecified atom stereocenters. The molecule has 1 aliphatic rings. The largest absolute Gasteiger partial charge is 0.481 e. The van der Waals surface area contributed by atoms with Crippen LogP contribution in [0.25, 0.3) is 0 Å². The first kappa shape index (κ1) is 15.3. The van der Waals surface area contributed by atoms with E-state index in [2.05, 4.69) is 10.6 Å². The summed E-state index contributed by atoms with van der Waals surface area (Å²) < 4.78 is 0. The lowest BCUT2D eigenvalue weighted by atomic mass is 10.0. The number of amides is 1. The fraction of sp³-hybridized carbons (Fsp3) is 0.833. The minimum absolute atomic E-state index is 0.0544. The Labute approximate surface area is 112 Å². The number of carbonyl (C=O) groups excluding carboxylic acids is 1. The van der Waals surface area contributed by atoms with Crippen LogP contribution in [-0.4, -0.2) is 40.7 Å². The lowest BCUT2D eigenvalue weighted by Crippen LogP contribution is -2.45. The van der Waals surface area contributed by atoms with E-state index < -0.39 is 5.97 Å². The number of aliphatic carboxylic acids is 1. The van der Waals surface area contributed by atoms with Crippen molar-refractivity contribution in [3.8, 4) is 0 Å². The molecule has 3 N–H and O–H groups in total. The first-order chi connectivity index (χ1) is 8.50. The lowest BCUT2D eigenvalue weighted by Gasteiger charge is -2.17. The summed E-state index contributed by atoms with van der Waals surface area (Å²) in [7, 11) is 0. The van der Waals surface area contributed by atoms with Gasteiger partial charge in [-0.2, -0.15) is 0 Å². The number of rotatable bonds is 7. The van der Waals surface area contributed by atoms with Gasteiger partial charge in [-0.25, -0.2) is 0 Å². The van der Waals surface area contributed by atoms with E-state index in [0.717, 1.165) is 24.5 Å². The van der Waals surface area contributed by atoms with E-state index in [9.17, 15) is 9.59 Å². The topological polar surface area (TPSA) is 78.4 Å². The second kappa shape index (κ2) is 7.63. The molecule has 0 aliphatic carbocycles. The SMILES string of the molecule is CC(CCCC(C)C(=O)O)NC(=O)C1CSCN1. The second-order valence-electron chi connectivity index (χ2n) is 4.85. The molecular weight excluding hydrogens is 252 g/mol. The van der Waals surface area contributed by atoms with Crippen LogP contribution in [0.15, 0.2) is 0 Å². The minimum atomic E-state index is -0.751. The van der Waals surface area contributed by atoms with Crippen molar-refractivity contribution in [3.05, 3.63) is 0 Å². The van der Waals surface area contributed by atoms with Crippen LogP contribution in [0.1, 0.15) is 33.1 Å². The quantitative estimate of drug-likeness (QED) is 0.646. The Morgan fingerprint density at radius 1 is 1.44 bits per heavy atom. The van der Waals surface area contributed by atoms with Crippen molar-refractivity contribution in [2.45, 2.75) is 45.2 Å². The van der Waals surface area contributed by atoms with Crippen molar-refractivity contribution in [1.82, 2.24) is 10.6 Å². The van der Waals surface area contributed by atoms with E-state index in [0.29, 0.717) is 6.42 Å². The highest BCUT2D eigenvalue weighted by Gasteiger charge is 2.23. The van der Waals surface area contributed by atoms with E-state index in [1.54, 1.807) is 18.7 Å². The summed E-state index contributed by atoms with van der Waals surface area (Å²) in [4.78, 5) is 22.4. The van der Waals surface area contributed by atoms with Gasteiger partial charge in [-0.3, -0.25) is 14.9 Å². The molecule has 6 heteroatoms. The molecule has 1 saturated heterocycles. The van der Waals surface area contributed by atoms with E-state index >= 15 is 0 Å². The van der Waals surface area contributed by atoms with Gasteiger partial charge in [0.25, 0.3) is 0 Å². The number of carbonyl (C=O) groups is 2. The Hall–Kier alpha value is -0.750. The molecule has 18 heavy (non-hydrogen) atoms. The molecule has 0 bridgehead atoms. The summed E-state index contributed by atoms with van der Waals surface area (Å²) in [6.07, 6.45) is 2.30. The van der Waals surface area contributed by atoms with Crippen LogP contribution < -0.4 is 10.6 Å². The molecular formula is C12H22N2O3S. The van der Waals surface area contributed by atoms with E-state index in [-0.39, 0.29) is 23.9 Å². The number of nitrogens with one attached hydrogen (secondary N) is 2. The first-order valence-electron chi connectivity index (χ1n) is 6.35. The van der Waals surface area contributed by atoms with Gasteiger partial charge in [-0.15, -0.1) is 11.8 Å². The van der Waals surface area contributed by atoms with Crippen molar-refractivity contribution < 1.29 is 14.7 Å². The molecule has 0 radical (unpaired) electrons. The van der Waals surface area contributed by atoms with Crippen molar-refractivity contribution >= 4 is 23.6 Å². The lowest BCUT2D eigenvalue weighted by molar-refractivity contribution is -0.141. The maximum absolute atomic E-state index is 11.8. The predicted molar refractivity (Wildman–Crippen MR) is 72.5 cm³/mol. The molecule has 0 aromatic carbocycles. The van der Waals surface area contributed by atoms with Gasteiger partial charge in [0.05, 0.1) is 12.0 Å². The molecule has 0 saturated carbocycles. The molecule has 0 aromatic heterocycles. The third-order valence-electron chi connectivity index (χ3n) is 3.12. The average Bonchev–Trinajstić information content (AvgIpc) is 2.81. The highest BCUT2D eigenvalue weighted by Crippen LogP contribution is 2.12. The van der Waals surface area contributed by atoms with Crippen LogP contribution in [0.3, 0.4) is 0 Å². The summed E-state index contributed by atoms with van der Waals surface area (Å²) in [6, 6.07) is 0.0290. The third kappa shape index (κ3) is 5.27. The van der Waals surface area contributed by atoms with Gasteiger partial charge in [-0.05, 0) is 19.8 Å². The maximum atomic E-state index is 11.8. The second-order valence-corrected chi connectivity index (χ2v) is 5.88. The number of hydrogen-bond acceptors (Lipinski definition) is 4. The predicted octanol–water partition coefficient (Wildman–Crippen LogP) is 1.04. The number of thioether (sulfide) groups is 1. The number of hydrogen-bond donors (Lipinski definition) is 3. The van der Waals surface area contributed by atoms with Crippen molar-refractivity contribution in [2.24, 2.45) is 5.92 Å². The number of carboxylic acids is 1. The zero-order valence-electron chi connectivity index (χ0n) is 10.9. The van der Waals surface area contributed by atoms with Gasteiger partial charge in [0.1, 0.15) is 0 Å². The normalized spacial score (nSPS) is 22.4. The smallest absolute Gasteiger partial charge is 0.306 e. The molecule has 1 amide bonds. The summed E-state index contributed by atoms with van der Waals surface area (Å²) in [5.74, 6) is 0.662. The van der Waals surface area contributed by atoms with Crippen LogP contribution in [-0.2, 0) is 9.59 Å². The third-order valence-corrected chi connectivity index (χ3v) is 4.06. The molecule has 1 aliphatic heterocycles. The van der Waals surface area contributed by atoms with Gasteiger partial charge < -0.3 is 10.4 Å². The fourth-order valence-corrected chi connectivity index (χ4v) is 2.77. The van der Waals surface area contributed by atoms with Crippen LogP contribution in [0, 0.1) is 5.92 Å². The van der Waals surface area contributed by atoms with E-state index in [4.69, 9.17) is 5.11 Å². The Morgan fingerprint density at radius 3 is 2.72 bits per heavy atom. The van der Waals surface area contributed by atoms with Crippen molar-refractivity contribution in [3.63, 3.8) is 0 Å². The van der Waals surface area contributed by atoms with Gasteiger partial charge >= 0.3 is 5.97 Å². The van der Waals surface area contributed by atoms with Crippen LogP contribution in [0.4, 0.5) is 0 Å². The zero-order valence-corrected chi connectivity index (χ0v) is 11.8. The van der Waals surface area contributed by atoms with Gasteiger partial charge in [-0.1, -0.05) is 13.3 Å². The Kier molecular flexibility index (Phi) is 6.49. The van der Waals surface area contributed by atoms with Gasteiger partial charge in [0, 0.05) is 17.7 Å².